The van der Waals surface area contributed by atoms with Crippen LogP contribution in [0.3, 0.4) is 0 Å². The van der Waals surface area contributed by atoms with Gasteiger partial charge in [0.15, 0.2) is 0 Å². The van der Waals surface area contributed by atoms with E-state index in [0.717, 1.165) is 16.7 Å². The number of hydrogen-bond donors (Lipinski definition) is 0. The van der Waals surface area contributed by atoms with Crippen molar-refractivity contribution in [2.75, 3.05) is 0 Å². The van der Waals surface area contributed by atoms with E-state index in [1.165, 1.54) is 0 Å². The predicted molar refractivity (Wildman–Crippen MR) is 113 cm³/mol. The summed E-state index contributed by atoms with van der Waals surface area (Å²) in [5.74, 6) is 0. The van der Waals surface area contributed by atoms with Crippen molar-refractivity contribution in [1.29, 1.82) is 0 Å². The molecule has 0 saturated heterocycles. The van der Waals surface area contributed by atoms with Gasteiger partial charge in [0.25, 0.3) is 0 Å². The number of thiocarbonyl (C=S) groups is 1. The summed E-state index contributed by atoms with van der Waals surface area (Å²) in [6.07, 6.45) is 0. The van der Waals surface area contributed by atoms with E-state index < -0.39 is 9.84 Å². The first-order valence-electron chi connectivity index (χ1n) is 8.65. The standard InChI is InChI=1S/C22H21NO2S2/c1-18-12-14-21(15-13-18)27(24,25)22(26)23(16-19-8-4-2-5-9-19)17-20-10-6-3-7-11-20/h2-15H,16-17H2,1H3. The Balaban J connectivity index is 1.93. The maximum Gasteiger partial charge on any atom is 0.232 e. The van der Waals surface area contributed by atoms with Crippen molar-refractivity contribution in [2.24, 2.45) is 0 Å². The summed E-state index contributed by atoms with van der Waals surface area (Å²) < 4.78 is 26.1. The summed E-state index contributed by atoms with van der Waals surface area (Å²) in [6.45, 7) is 2.78. The van der Waals surface area contributed by atoms with Crippen LogP contribution in [0.1, 0.15) is 16.7 Å². The second-order valence-corrected chi connectivity index (χ2v) is 8.92. The minimum absolute atomic E-state index is 0.0564. The van der Waals surface area contributed by atoms with Crippen LogP contribution in [-0.4, -0.2) is 17.6 Å². The highest BCUT2D eigenvalue weighted by Gasteiger charge is 2.26. The van der Waals surface area contributed by atoms with Crippen molar-refractivity contribution in [3.8, 4) is 0 Å². The third-order valence-electron chi connectivity index (χ3n) is 4.25. The maximum atomic E-state index is 13.1. The average molecular weight is 396 g/mol. The zero-order chi connectivity index (χ0) is 19.3. The van der Waals surface area contributed by atoms with Gasteiger partial charge in [0, 0.05) is 13.1 Å². The highest BCUT2D eigenvalue weighted by Crippen LogP contribution is 2.20. The highest BCUT2D eigenvalue weighted by atomic mass is 32.2. The highest BCUT2D eigenvalue weighted by molar-refractivity contribution is 8.17. The molecule has 0 unspecified atom stereocenters. The van der Waals surface area contributed by atoms with Crippen LogP contribution in [0.4, 0.5) is 0 Å². The quantitative estimate of drug-likeness (QED) is 0.584. The van der Waals surface area contributed by atoms with Crippen molar-refractivity contribution in [3.05, 3.63) is 102 Å². The predicted octanol–water partition coefficient (Wildman–Crippen LogP) is 4.76. The van der Waals surface area contributed by atoms with Gasteiger partial charge < -0.3 is 4.90 Å². The molecule has 0 bridgehead atoms. The lowest BCUT2D eigenvalue weighted by Gasteiger charge is -2.25. The number of sulfone groups is 1. The first kappa shape index (κ1) is 19.3. The fourth-order valence-corrected chi connectivity index (χ4v) is 4.36. The molecule has 0 heterocycles. The Morgan fingerprint density at radius 1 is 0.778 bits per heavy atom. The second kappa shape index (κ2) is 8.46. The Morgan fingerprint density at radius 2 is 1.22 bits per heavy atom. The summed E-state index contributed by atoms with van der Waals surface area (Å²) in [5, 5.41) is 0. The Labute approximate surface area is 166 Å². The summed E-state index contributed by atoms with van der Waals surface area (Å²) in [5.41, 5.74) is 3.02. The molecule has 0 amide bonds. The first-order chi connectivity index (χ1) is 13.0. The summed E-state index contributed by atoms with van der Waals surface area (Å²) in [6, 6.07) is 26.3. The normalized spacial score (nSPS) is 11.1. The van der Waals surface area contributed by atoms with Gasteiger partial charge in [0.05, 0.1) is 4.90 Å². The van der Waals surface area contributed by atoms with Crippen LogP contribution in [0.2, 0.25) is 0 Å². The van der Waals surface area contributed by atoms with Gasteiger partial charge in [-0.15, -0.1) is 0 Å². The Kier molecular flexibility index (Phi) is 6.04. The van der Waals surface area contributed by atoms with E-state index in [1.807, 2.05) is 67.6 Å². The van der Waals surface area contributed by atoms with E-state index in [4.69, 9.17) is 12.2 Å². The molecule has 0 aromatic heterocycles. The van der Waals surface area contributed by atoms with Crippen LogP contribution in [0.15, 0.2) is 89.8 Å². The third kappa shape index (κ3) is 4.81. The molecule has 0 aliphatic heterocycles. The topological polar surface area (TPSA) is 37.4 Å². The maximum absolute atomic E-state index is 13.1. The number of rotatable bonds is 5. The lowest BCUT2D eigenvalue weighted by atomic mass is 10.2. The van der Waals surface area contributed by atoms with Crippen LogP contribution in [0.5, 0.6) is 0 Å². The molecule has 0 N–H and O–H groups in total. The monoisotopic (exact) mass is 395 g/mol. The Morgan fingerprint density at radius 3 is 1.67 bits per heavy atom. The van der Waals surface area contributed by atoms with Crippen LogP contribution in [0, 0.1) is 6.92 Å². The number of benzene rings is 3. The molecule has 3 aromatic carbocycles. The number of hydrogen-bond acceptors (Lipinski definition) is 3. The Hall–Kier alpha value is -2.50. The molecule has 0 aliphatic rings. The van der Waals surface area contributed by atoms with Gasteiger partial charge in [-0.2, -0.15) is 0 Å². The van der Waals surface area contributed by atoms with Gasteiger partial charge >= 0.3 is 0 Å². The van der Waals surface area contributed by atoms with E-state index in [1.54, 1.807) is 29.2 Å². The van der Waals surface area contributed by atoms with Gasteiger partial charge in [-0.25, -0.2) is 8.42 Å². The molecule has 3 rings (SSSR count). The van der Waals surface area contributed by atoms with E-state index in [9.17, 15) is 8.42 Å². The smallest absolute Gasteiger partial charge is 0.232 e. The van der Waals surface area contributed by atoms with E-state index in [2.05, 4.69) is 0 Å². The van der Waals surface area contributed by atoms with Gasteiger partial charge in [-0.1, -0.05) is 78.4 Å². The second-order valence-electron chi connectivity index (χ2n) is 6.41. The molecule has 0 aliphatic carbocycles. The average Bonchev–Trinajstić information content (AvgIpc) is 2.69. The fourth-order valence-electron chi connectivity index (χ4n) is 2.78. The molecule has 0 atom stereocenters. The van der Waals surface area contributed by atoms with Gasteiger partial charge in [-0.3, -0.25) is 0 Å². The van der Waals surface area contributed by atoms with Crippen molar-refractivity contribution >= 4 is 26.4 Å². The molecule has 3 nitrogen and oxygen atoms in total. The third-order valence-corrected chi connectivity index (χ3v) is 6.78. The van der Waals surface area contributed by atoms with Crippen molar-refractivity contribution < 1.29 is 8.42 Å². The zero-order valence-corrected chi connectivity index (χ0v) is 16.7. The molecule has 0 fully saturated rings. The number of nitrogens with zero attached hydrogens (tertiary/aromatic N) is 1. The minimum Gasteiger partial charge on any atom is -0.344 e. The van der Waals surface area contributed by atoms with Crippen molar-refractivity contribution in [3.63, 3.8) is 0 Å². The summed E-state index contributed by atoms with van der Waals surface area (Å²) in [4.78, 5) is 1.97. The van der Waals surface area contributed by atoms with E-state index >= 15 is 0 Å². The summed E-state index contributed by atoms with van der Waals surface area (Å²) >= 11 is 5.46. The molecule has 0 radical (unpaired) electrons. The molecule has 27 heavy (non-hydrogen) atoms. The molecular weight excluding hydrogens is 374 g/mol. The van der Waals surface area contributed by atoms with Gasteiger partial charge in [0.1, 0.15) is 0 Å². The molecule has 5 heteroatoms. The Bertz CT molecular complexity index is 958. The molecular formula is C22H21NO2S2. The molecule has 3 aromatic rings. The fraction of sp³-hybridized carbons (Fsp3) is 0.136. The molecule has 0 saturated carbocycles. The van der Waals surface area contributed by atoms with Crippen LogP contribution in [0.25, 0.3) is 0 Å². The van der Waals surface area contributed by atoms with Gasteiger partial charge in [-0.05, 0) is 42.4 Å². The molecule has 138 valence electrons. The zero-order valence-electron chi connectivity index (χ0n) is 15.1. The summed E-state index contributed by atoms with van der Waals surface area (Å²) in [7, 11) is -3.74. The van der Waals surface area contributed by atoms with Gasteiger partial charge in [0.2, 0.25) is 14.2 Å². The lowest BCUT2D eigenvalue weighted by molar-refractivity contribution is 0.418. The minimum atomic E-state index is -3.74. The first-order valence-corrected chi connectivity index (χ1v) is 10.5. The SMILES string of the molecule is Cc1ccc(S(=O)(=O)C(=S)N(Cc2ccccc2)Cc2ccccc2)cc1. The number of aryl methyl sites for hydroxylation is 1. The lowest BCUT2D eigenvalue weighted by Crippen LogP contribution is -2.34. The van der Waals surface area contributed by atoms with E-state index in [-0.39, 0.29) is 9.22 Å². The van der Waals surface area contributed by atoms with Crippen LogP contribution < -0.4 is 0 Å². The largest absolute Gasteiger partial charge is 0.344 e. The van der Waals surface area contributed by atoms with Crippen LogP contribution >= 0.6 is 12.2 Å². The van der Waals surface area contributed by atoms with Crippen LogP contribution in [-0.2, 0) is 22.9 Å². The van der Waals surface area contributed by atoms with Crippen molar-refractivity contribution in [1.82, 2.24) is 4.90 Å². The molecule has 0 spiro atoms. The van der Waals surface area contributed by atoms with Crippen molar-refractivity contribution in [2.45, 2.75) is 24.9 Å². The van der Waals surface area contributed by atoms with E-state index in [0.29, 0.717) is 13.1 Å².